The maximum Gasteiger partial charge on any atom is 0.264 e. The number of likely N-dealkylation sites (N-methyl/N-ethyl adjacent to an activating group) is 1. The molecule has 0 saturated carbocycles. The number of amides is 1. The number of thiophene rings is 1. The van der Waals surface area contributed by atoms with Gasteiger partial charge in [-0.25, -0.2) is 0 Å². The fraction of sp³-hybridized carbons (Fsp3) is 0.421. The first-order valence-corrected chi connectivity index (χ1v) is 9.09. The van der Waals surface area contributed by atoms with Crippen molar-refractivity contribution >= 4 is 17.2 Å². The lowest BCUT2D eigenvalue weighted by Gasteiger charge is -2.47. The standard InChI is InChI=1S/C19H24N2O2S/c1-14-9-12-24-17(14)18(22)21-11-10-19(23,16(13-21)20(2)3)15-7-5-4-6-8-15/h4-9,12,16,23H,10-11,13H2,1-3H3/t16-,19+/m1/s1. The molecule has 0 unspecified atom stereocenters. The van der Waals surface area contributed by atoms with Crippen molar-refractivity contribution < 1.29 is 9.90 Å². The Morgan fingerprint density at radius 2 is 2.00 bits per heavy atom. The fourth-order valence-corrected chi connectivity index (χ4v) is 4.39. The Hall–Kier alpha value is -1.69. The molecule has 1 aromatic carbocycles. The monoisotopic (exact) mass is 344 g/mol. The molecule has 1 fully saturated rings. The highest BCUT2D eigenvalue weighted by molar-refractivity contribution is 7.12. The number of carbonyl (C=O) groups excluding carboxylic acids is 1. The van der Waals surface area contributed by atoms with Crippen LogP contribution in [0.5, 0.6) is 0 Å². The van der Waals surface area contributed by atoms with Crippen LogP contribution < -0.4 is 0 Å². The molecule has 4 nitrogen and oxygen atoms in total. The Morgan fingerprint density at radius 3 is 2.58 bits per heavy atom. The molecule has 128 valence electrons. The number of nitrogens with zero attached hydrogens (tertiary/aromatic N) is 2. The predicted molar refractivity (Wildman–Crippen MR) is 97.4 cm³/mol. The van der Waals surface area contributed by atoms with E-state index in [0.29, 0.717) is 19.5 Å². The lowest BCUT2D eigenvalue weighted by Crippen LogP contribution is -2.60. The highest BCUT2D eigenvalue weighted by Crippen LogP contribution is 2.36. The van der Waals surface area contributed by atoms with Crippen molar-refractivity contribution in [1.29, 1.82) is 0 Å². The zero-order valence-electron chi connectivity index (χ0n) is 14.4. The Labute approximate surface area is 147 Å². The molecule has 2 atom stereocenters. The summed E-state index contributed by atoms with van der Waals surface area (Å²) in [6.07, 6.45) is 0.538. The van der Waals surface area contributed by atoms with E-state index in [1.807, 2.05) is 72.6 Å². The molecule has 5 heteroatoms. The molecule has 1 N–H and O–H groups in total. The van der Waals surface area contributed by atoms with Gasteiger partial charge >= 0.3 is 0 Å². The minimum Gasteiger partial charge on any atom is -0.383 e. The average Bonchev–Trinajstić information content (AvgIpc) is 3.01. The van der Waals surface area contributed by atoms with E-state index in [9.17, 15) is 9.90 Å². The molecule has 1 aromatic heterocycles. The van der Waals surface area contributed by atoms with Crippen LogP contribution in [-0.2, 0) is 5.60 Å². The summed E-state index contributed by atoms with van der Waals surface area (Å²) in [7, 11) is 3.92. The Morgan fingerprint density at radius 1 is 1.29 bits per heavy atom. The van der Waals surface area contributed by atoms with E-state index in [2.05, 4.69) is 0 Å². The van der Waals surface area contributed by atoms with Gasteiger partial charge in [-0.2, -0.15) is 0 Å². The number of benzene rings is 1. The second-order valence-corrected chi connectivity index (χ2v) is 7.62. The van der Waals surface area contributed by atoms with E-state index in [1.54, 1.807) is 0 Å². The van der Waals surface area contributed by atoms with Crippen molar-refractivity contribution in [3.63, 3.8) is 0 Å². The molecule has 2 aromatic rings. The summed E-state index contributed by atoms with van der Waals surface area (Å²) in [5.74, 6) is 0.0736. The molecule has 1 amide bonds. The van der Waals surface area contributed by atoms with Crippen molar-refractivity contribution in [2.45, 2.75) is 25.0 Å². The zero-order chi connectivity index (χ0) is 17.3. The lowest BCUT2D eigenvalue weighted by atomic mass is 9.79. The molecule has 0 spiro atoms. The highest BCUT2D eigenvalue weighted by atomic mass is 32.1. The van der Waals surface area contributed by atoms with Gasteiger partial charge in [0.2, 0.25) is 0 Å². The summed E-state index contributed by atoms with van der Waals surface area (Å²) < 4.78 is 0. The van der Waals surface area contributed by atoms with Gasteiger partial charge < -0.3 is 14.9 Å². The second-order valence-electron chi connectivity index (χ2n) is 6.70. The lowest BCUT2D eigenvalue weighted by molar-refractivity contribution is -0.0810. The normalized spacial score (nSPS) is 24.4. The van der Waals surface area contributed by atoms with Crippen LogP contribution in [0.1, 0.15) is 27.2 Å². The van der Waals surface area contributed by atoms with E-state index in [1.165, 1.54) is 11.3 Å². The molecular formula is C19H24N2O2S. The number of likely N-dealkylation sites (tertiary alicyclic amines) is 1. The number of piperidine rings is 1. The Balaban J connectivity index is 1.87. The fourth-order valence-electron chi connectivity index (χ4n) is 3.50. The molecule has 0 aliphatic carbocycles. The molecular weight excluding hydrogens is 320 g/mol. The summed E-state index contributed by atoms with van der Waals surface area (Å²) >= 11 is 1.49. The van der Waals surface area contributed by atoms with E-state index >= 15 is 0 Å². The van der Waals surface area contributed by atoms with E-state index < -0.39 is 5.60 Å². The van der Waals surface area contributed by atoms with Gasteiger partial charge in [0.1, 0.15) is 5.60 Å². The number of rotatable bonds is 3. The number of aliphatic hydroxyl groups is 1. The quantitative estimate of drug-likeness (QED) is 0.931. The van der Waals surface area contributed by atoms with Crippen LogP contribution in [-0.4, -0.2) is 54.0 Å². The van der Waals surface area contributed by atoms with Crippen molar-refractivity contribution in [3.05, 3.63) is 57.8 Å². The molecule has 24 heavy (non-hydrogen) atoms. The third-order valence-electron chi connectivity index (χ3n) is 4.95. The molecule has 3 rings (SSSR count). The SMILES string of the molecule is Cc1ccsc1C(=O)N1CC[C@](O)(c2ccccc2)[C@H](N(C)C)C1. The summed E-state index contributed by atoms with van der Waals surface area (Å²) in [6, 6.07) is 11.6. The van der Waals surface area contributed by atoms with Crippen LogP contribution in [0.15, 0.2) is 41.8 Å². The molecule has 2 heterocycles. The molecule has 0 bridgehead atoms. The third kappa shape index (κ3) is 2.99. The first kappa shape index (κ1) is 17.1. The summed E-state index contributed by atoms with van der Waals surface area (Å²) in [5, 5.41) is 13.3. The minimum atomic E-state index is -0.938. The average molecular weight is 344 g/mol. The maximum absolute atomic E-state index is 12.8. The van der Waals surface area contributed by atoms with Gasteiger partial charge in [-0.1, -0.05) is 30.3 Å². The van der Waals surface area contributed by atoms with E-state index in [-0.39, 0.29) is 11.9 Å². The largest absolute Gasteiger partial charge is 0.383 e. The first-order chi connectivity index (χ1) is 11.4. The van der Waals surface area contributed by atoms with Crippen LogP contribution in [0.4, 0.5) is 0 Å². The smallest absolute Gasteiger partial charge is 0.264 e. The number of aryl methyl sites for hydroxylation is 1. The van der Waals surface area contributed by atoms with Crippen LogP contribution in [0.3, 0.4) is 0 Å². The summed E-state index contributed by atoms with van der Waals surface area (Å²) in [6.45, 7) is 3.05. The zero-order valence-corrected chi connectivity index (χ0v) is 15.2. The molecule has 0 radical (unpaired) electrons. The summed E-state index contributed by atoms with van der Waals surface area (Å²) in [5.41, 5.74) is 1.00. The van der Waals surface area contributed by atoms with Gasteiger partial charge in [-0.05, 0) is 50.0 Å². The van der Waals surface area contributed by atoms with Gasteiger partial charge in [0.05, 0.1) is 10.9 Å². The molecule has 1 aliphatic rings. The van der Waals surface area contributed by atoms with Gasteiger partial charge in [0, 0.05) is 13.1 Å². The van der Waals surface area contributed by atoms with Crippen molar-refractivity contribution in [1.82, 2.24) is 9.80 Å². The van der Waals surface area contributed by atoms with Crippen molar-refractivity contribution in [2.75, 3.05) is 27.2 Å². The van der Waals surface area contributed by atoms with Crippen LogP contribution in [0.2, 0.25) is 0 Å². The van der Waals surface area contributed by atoms with E-state index in [0.717, 1.165) is 16.0 Å². The van der Waals surface area contributed by atoms with Crippen LogP contribution >= 0.6 is 11.3 Å². The van der Waals surface area contributed by atoms with Gasteiger partial charge in [0.25, 0.3) is 5.91 Å². The van der Waals surface area contributed by atoms with Crippen molar-refractivity contribution in [2.24, 2.45) is 0 Å². The number of carbonyl (C=O) groups is 1. The Kier molecular flexibility index (Phi) is 4.76. The number of hydrogen-bond donors (Lipinski definition) is 1. The first-order valence-electron chi connectivity index (χ1n) is 8.21. The number of hydrogen-bond acceptors (Lipinski definition) is 4. The Bertz CT molecular complexity index is 713. The predicted octanol–water partition coefficient (Wildman–Crippen LogP) is 2.72. The van der Waals surface area contributed by atoms with Crippen molar-refractivity contribution in [3.8, 4) is 0 Å². The highest BCUT2D eigenvalue weighted by Gasteiger charge is 2.45. The van der Waals surface area contributed by atoms with Gasteiger partial charge in [0.15, 0.2) is 0 Å². The molecule has 1 aliphatic heterocycles. The van der Waals surface area contributed by atoms with E-state index in [4.69, 9.17) is 0 Å². The maximum atomic E-state index is 12.8. The van der Waals surface area contributed by atoms with Gasteiger partial charge in [-0.15, -0.1) is 11.3 Å². The summed E-state index contributed by atoms with van der Waals surface area (Å²) in [4.78, 5) is 17.5. The minimum absolute atomic E-state index is 0.0736. The van der Waals surface area contributed by atoms with Crippen LogP contribution in [0.25, 0.3) is 0 Å². The van der Waals surface area contributed by atoms with Crippen LogP contribution in [0, 0.1) is 6.92 Å². The third-order valence-corrected chi connectivity index (χ3v) is 5.95. The molecule has 1 saturated heterocycles. The topological polar surface area (TPSA) is 43.8 Å². The van der Waals surface area contributed by atoms with Gasteiger partial charge in [-0.3, -0.25) is 4.79 Å². The second kappa shape index (κ2) is 6.67.